The van der Waals surface area contributed by atoms with E-state index in [1.54, 1.807) is 4.68 Å². The molecule has 2 rings (SSSR count). The van der Waals surface area contributed by atoms with Crippen LogP contribution in [0.4, 0.5) is 5.82 Å². The summed E-state index contributed by atoms with van der Waals surface area (Å²) in [6.07, 6.45) is 1.01. The highest BCUT2D eigenvalue weighted by molar-refractivity contribution is 9.10. The van der Waals surface area contributed by atoms with Gasteiger partial charge >= 0.3 is 0 Å². The third-order valence-corrected chi connectivity index (χ3v) is 2.50. The first kappa shape index (κ1) is 10.3. The van der Waals surface area contributed by atoms with Gasteiger partial charge in [-0.05, 0) is 34.5 Å². The second-order valence-corrected chi connectivity index (χ2v) is 4.06. The van der Waals surface area contributed by atoms with E-state index in [9.17, 15) is 0 Å². The summed E-state index contributed by atoms with van der Waals surface area (Å²) in [7, 11) is 0. The first-order chi connectivity index (χ1) is 7.20. The summed E-state index contributed by atoms with van der Waals surface area (Å²) in [5.74, 6) is 1.39. The minimum atomic E-state index is 0.666. The van der Waals surface area contributed by atoms with Crippen molar-refractivity contribution in [1.29, 1.82) is 0 Å². The molecule has 0 aliphatic rings. The van der Waals surface area contributed by atoms with Crippen LogP contribution in [-0.2, 0) is 6.54 Å². The molecule has 0 bridgehead atoms. The van der Waals surface area contributed by atoms with Crippen LogP contribution in [0, 0.1) is 0 Å². The zero-order valence-electron chi connectivity index (χ0n) is 8.40. The van der Waals surface area contributed by atoms with Crippen LogP contribution >= 0.6 is 15.9 Å². The van der Waals surface area contributed by atoms with Crippen molar-refractivity contribution in [3.8, 4) is 11.5 Å². The fraction of sp³-hybridized carbons (Fsp3) is 0.300. The van der Waals surface area contributed by atoms with E-state index in [1.807, 2.05) is 18.2 Å². The van der Waals surface area contributed by atoms with Gasteiger partial charge in [0.2, 0.25) is 0 Å². The highest BCUT2D eigenvalue weighted by Gasteiger charge is 2.09. The number of nitrogen functional groups attached to an aromatic ring is 1. The van der Waals surface area contributed by atoms with Crippen molar-refractivity contribution in [2.75, 3.05) is 5.73 Å². The third kappa shape index (κ3) is 2.07. The highest BCUT2D eigenvalue weighted by Crippen LogP contribution is 2.25. The van der Waals surface area contributed by atoms with E-state index in [0.29, 0.717) is 10.5 Å². The largest absolute Gasteiger partial charge is 0.448 e. The summed E-state index contributed by atoms with van der Waals surface area (Å²) < 4.78 is 7.88. The molecule has 0 spiro atoms. The van der Waals surface area contributed by atoms with Crippen molar-refractivity contribution in [1.82, 2.24) is 9.78 Å². The van der Waals surface area contributed by atoms with Crippen LogP contribution in [0.3, 0.4) is 0 Å². The second-order valence-electron chi connectivity index (χ2n) is 3.28. The summed E-state index contributed by atoms with van der Waals surface area (Å²) in [6, 6.07) is 5.52. The van der Waals surface area contributed by atoms with E-state index >= 15 is 0 Å². The molecule has 0 aliphatic heterocycles. The Kier molecular flexibility index (Phi) is 2.81. The standard InChI is InChI=1S/C10H12BrN3O/c1-2-5-14-10(12)6-7(13-14)8-3-4-9(11)15-8/h3-4,6H,2,5,12H2,1H3. The molecule has 0 aromatic carbocycles. The lowest BCUT2D eigenvalue weighted by atomic mass is 10.3. The molecule has 0 saturated heterocycles. The molecule has 0 unspecified atom stereocenters. The predicted molar refractivity (Wildman–Crippen MR) is 62.3 cm³/mol. The molecule has 0 saturated carbocycles. The van der Waals surface area contributed by atoms with Crippen molar-refractivity contribution in [2.24, 2.45) is 0 Å². The van der Waals surface area contributed by atoms with Crippen molar-refractivity contribution in [3.63, 3.8) is 0 Å². The summed E-state index contributed by atoms with van der Waals surface area (Å²) in [6.45, 7) is 2.91. The number of nitrogens with two attached hydrogens (primary N) is 1. The van der Waals surface area contributed by atoms with Gasteiger partial charge in [0, 0.05) is 12.6 Å². The van der Waals surface area contributed by atoms with Gasteiger partial charge in [-0.2, -0.15) is 5.10 Å². The molecule has 0 atom stereocenters. The Hall–Kier alpha value is -1.23. The molecule has 0 amide bonds. The normalized spacial score (nSPS) is 10.8. The molecule has 4 nitrogen and oxygen atoms in total. The number of aryl methyl sites for hydroxylation is 1. The van der Waals surface area contributed by atoms with Gasteiger partial charge in [0.25, 0.3) is 0 Å². The number of halogens is 1. The van der Waals surface area contributed by atoms with Crippen LogP contribution in [0.5, 0.6) is 0 Å². The minimum absolute atomic E-state index is 0.666. The maximum Gasteiger partial charge on any atom is 0.169 e. The number of aromatic nitrogens is 2. The van der Waals surface area contributed by atoms with Crippen LogP contribution in [-0.4, -0.2) is 9.78 Å². The maximum absolute atomic E-state index is 5.82. The average molecular weight is 270 g/mol. The molecular formula is C10H12BrN3O. The monoisotopic (exact) mass is 269 g/mol. The Balaban J connectivity index is 2.33. The van der Waals surface area contributed by atoms with Gasteiger partial charge in [0.1, 0.15) is 11.5 Å². The molecule has 0 radical (unpaired) electrons. The topological polar surface area (TPSA) is 57.0 Å². The summed E-state index contributed by atoms with van der Waals surface area (Å²) in [4.78, 5) is 0. The Morgan fingerprint density at radius 2 is 2.33 bits per heavy atom. The molecule has 80 valence electrons. The fourth-order valence-electron chi connectivity index (χ4n) is 1.39. The van der Waals surface area contributed by atoms with Gasteiger partial charge in [0.15, 0.2) is 10.4 Å². The van der Waals surface area contributed by atoms with Crippen LogP contribution < -0.4 is 5.73 Å². The van der Waals surface area contributed by atoms with Crippen LogP contribution in [0.2, 0.25) is 0 Å². The van der Waals surface area contributed by atoms with Gasteiger partial charge in [-0.15, -0.1) is 0 Å². The third-order valence-electron chi connectivity index (χ3n) is 2.07. The number of rotatable bonds is 3. The van der Waals surface area contributed by atoms with Crippen LogP contribution in [0.1, 0.15) is 13.3 Å². The average Bonchev–Trinajstić information content (AvgIpc) is 2.75. The molecule has 2 heterocycles. The maximum atomic E-state index is 5.82. The lowest BCUT2D eigenvalue weighted by Gasteiger charge is -1.98. The van der Waals surface area contributed by atoms with Crippen molar-refractivity contribution in [2.45, 2.75) is 19.9 Å². The van der Waals surface area contributed by atoms with E-state index in [0.717, 1.165) is 24.4 Å². The fourth-order valence-corrected chi connectivity index (χ4v) is 1.70. The first-order valence-corrected chi connectivity index (χ1v) is 5.59. The molecule has 5 heteroatoms. The van der Waals surface area contributed by atoms with E-state index in [4.69, 9.17) is 10.2 Å². The van der Waals surface area contributed by atoms with E-state index in [-0.39, 0.29) is 0 Å². The predicted octanol–water partition coefficient (Wildman–Crippen LogP) is 2.90. The molecule has 0 fully saturated rings. The molecular weight excluding hydrogens is 258 g/mol. The van der Waals surface area contributed by atoms with Gasteiger partial charge < -0.3 is 10.2 Å². The highest BCUT2D eigenvalue weighted by atomic mass is 79.9. The van der Waals surface area contributed by atoms with Crippen LogP contribution in [0.15, 0.2) is 27.3 Å². The molecule has 2 N–H and O–H groups in total. The van der Waals surface area contributed by atoms with Gasteiger partial charge in [-0.1, -0.05) is 6.92 Å². The van der Waals surface area contributed by atoms with Crippen LogP contribution in [0.25, 0.3) is 11.5 Å². The van der Waals surface area contributed by atoms with Gasteiger partial charge in [0.05, 0.1) is 0 Å². The SMILES string of the molecule is CCCn1nc(-c2ccc(Br)o2)cc1N. The number of anilines is 1. The zero-order chi connectivity index (χ0) is 10.8. The Bertz CT molecular complexity index is 461. The number of hydrogen-bond acceptors (Lipinski definition) is 3. The van der Waals surface area contributed by atoms with Crippen molar-refractivity contribution in [3.05, 3.63) is 22.9 Å². The first-order valence-electron chi connectivity index (χ1n) is 4.79. The van der Waals surface area contributed by atoms with E-state index in [1.165, 1.54) is 0 Å². The summed E-state index contributed by atoms with van der Waals surface area (Å²) in [5, 5.41) is 4.36. The van der Waals surface area contributed by atoms with Crippen molar-refractivity contribution < 1.29 is 4.42 Å². The zero-order valence-corrected chi connectivity index (χ0v) is 9.99. The Morgan fingerprint density at radius 3 is 2.93 bits per heavy atom. The molecule has 0 aliphatic carbocycles. The Labute approximate surface area is 96.2 Å². The second kappa shape index (κ2) is 4.10. The summed E-state index contributed by atoms with van der Waals surface area (Å²) in [5.41, 5.74) is 6.59. The van der Waals surface area contributed by atoms with Crippen molar-refractivity contribution >= 4 is 21.7 Å². The smallest absolute Gasteiger partial charge is 0.169 e. The summed E-state index contributed by atoms with van der Waals surface area (Å²) >= 11 is 3.25. The number of nitrogens with zero attached hydrogens (tertiary/aromatic N) is 2. The quantitative estimate of drug-likeness (QED) is 0.932. The minimum Gasteiger partial charge on any atom is -0.448 e. The number of furan rings is 1. The van der Waals surface area contributed by atoms with E-state index in [2.05, 4.69) is 28.0 Å². The lowest BCUT2D eigenvalue weighted by molar-refractivity contribution is 0.548. The molecule has 2 aromatic rings. The number of hydrogen-bond donors (Lipinski definition) is 1. The molecule has 15 heavy (non-hydrogen) atoms. The molecule has 2 aromatic heterocycles. The van der Waals surface area contributed by atoms with Gasteiger partial charge in [-0.3, -0.25) is 0 Å². The van der Waals surface area contributed by atoms with E-state index < -0.39 is 0 Å². The van der Waals surface area contributed by atoms with Gasteiger partial charge in [-0.25, -0.2) is 4.68 Å². The Morgan fingerprint density at radius 1 is 1.53 bits per heavy atom. The lowest BCUT2D eigenvalue weighted by Crippen LogP contribution is -2.03.